The number of aromatic amines is 1. The molecule has 0 radical (unpaired) electrons. The Labute approximate surface area is 99.0 Å². The number of halogens is 2. The summed E-state index contributed by atoms with van der Waals surface area (Å²) in [5.41, 5.74) is -0.163. The Hall–Kier alpha value is -0.360. The van der Waals surface area contributed by atoms with E-state index >= 15 is 0 Å². The van der Waals surface area contributed by atoms with Crippen molar-refractivity contribution in [3.05, 3.63) is 21.2 Å². The number of hydrogen-bond acceptors (Lipinski definition) is 3. The van der Waals surface area contributed by atoms with Gasteiger partial charge >= 0.3 is 0 Å². The van der Waals surface area contributed by atoms with E-state index in [1.165, 1.54) is 6.33 Å². The lowest BCUT2D eigenvalue weighted by atomic mass is 10.3. The van der Waals surface area contributed by atoms with Gasteiger partial charge in [0.05, 0.1) is 6.33 Å². The molecule has 4 nitrogen and oxygen atoms in total. The summed E-state index contributed by atoms with van der Waals surface area (Å²) in [6, 6.07) is 0.278. The first-order valence-corrected chi connectivity index (χ1v) is 6.01. The van der Waals surface area contributed by atoms with Gasteiger partial charge in [-0.2, -0.15) is 0 Å². The van der Waals surface area contributed by atoms with Crippen molar-refractivity contribution in [1.29, 1.82) is 0 Å². The molecular formula is C8H11Br2N3O. The van der Waals surface area contributed by atoms with Crippen LogP contribution in [0.25, 0.3) is 0 Å². The molecule has 1 N–H and O–H groups in total. The predicted octanol–water partition coefficient (Wildman–Crippen LogP) is 1.75. The van der Waals surface area contributed by atoms with Crippen LogP contribution in [0.4, 0.5) is 5.82 Å². The number of anilines is 1. The van der Waals surface area contributed by atoms with Gasteiger partial charge in [0.2, 0.25) is 0 Å². The monoisotopic (exact) mass is 323 g/mol. The van der Waals surface area contributed by atoms with Crippen LogP contribution in [-0.2, 0) is 0 Å². The summed E-state index contributed by atoms with van der Waals surface area (Å²) in [7, 11) is 1.90. The van der Waals surface area contributed by atoms with Crippen LogP contribution < -0.4 is 10.5 Å². The SMILES string of the molecule is CC(CBr)N(C)c1nc[nH]c(=O)c1Br. The number of hydrogen-bond donors (Lipinski definition) is 1. The van der Waals surface area contributed by atoms with E-state index in [1.54, 1.807) is 0 Å². The van der Waals surface area contributed by atoms with Crippen LogP contribution in [0.3, 0.4) is 0 Å². The molecular weight excluding hydrogens is 314 g/mol. The molecule has 1 aromatic rings. The van der Waals surface area contributed by atoms with E-state index in [4.69, 9.17) is 0 Å². The highest BCUT2D eigenvalue weighted by atomic mass is 79.9. The minimum atomic E-state index is -0.163. The molecule has 14 heavy (non-hydrogen) atoms. The lowest BCUT2D eigenvalue weighted by molar-refractivity contribution is 0.751. The summed E-state index contributed by atoms with van der Waals surface area (Å²) in [5.74, 6) is 0.653. The highest BCUT2D eigenvalue weighted by molar-refractivity contribution is 9.10. The Morgan fingerprint density at radius 2 is 2.36 bits per heavy atom. The molecule has 0 aliphatic rings. The molecule has 0 aliphatic heterocycles. The van der Waals surface area contributed by atoms with Crippen molar-refractivity contribution in [2.45, 2.75) is 13.0 Å². The van der Waals surface area contributed by atoms with E-state index in [9.17, 15) is 4.79 Å². The second-order valence-electron chi connectivity index (χ2n) is 2.98. The third-order valence-corrected chi connectivity index (χ3v) is 3.65. The normalized spacial score (nSPS) is 12.6. The summed E-state index contributed by atoms with van der Waals surface area (Å²) >= 11 is 6.60. The molecule has 0 aliphatic carbocycles. The van der Waals surface area contributed by atoms with Crippen LogP contribution in [0.15, 0.2) is 15.6 Å². The zero-order valence-electron chi connectivity index (χ0n) is 7.92. The van der Waals surface area contributed by atoms with E-state index in [2.05, 4.69) is 41.8 Å². The first kappa shape index (κ1) is 11.7. The van der Waals surface area contributed by atoms with Crippen molar-refractivity contribution in [2.24, 2.45) is 0 Å². The maximum Gasteiger partial charge on any atom is 0.267 e. The fourth-order valence-electron chi connectivity index (χ4n) is 0.932. The fourth-order valence-corrected chi connectivity index (χ4v) is 1.86. The van der Waals surface area contributed by atoms with Gasteiger partial charge < -0.3 is 9.88 Å². The van der Waals surface area contributed by atoms with Gasteiger partial charge in [0.25, 0.3) is 5.56 Å². The third-order valence-electron chi connectivity index (χ3n) is 2.00. The van der Waals surface area contributed by atoms with Gasteiger partial charge in [0, 0.05) is 18.4 Å². The van der Waals surface area contributed by atoms with Gasteiger partial charge in [-0.15, -0.1) is 0 Å². The maximum atomic E-state index is 11.3. The smallest absolute Gasteiger partial charge is 0.267 e. The zero-order valence-corrected chi connectivity index (χ0v) is 11.1. The number of rotatable bonds is 3. The number of aromatic nitrogens is 2. The van der Waals surface area contributed by atoms with Gasteiger partial charge in [-0.3, -0.25) is 4.79 Å². The van der Waals surface area contributed by atoms with E-state index in [0.29, 0.717) is 10.3 Å². The lowest BCUT2D eigenvalue weighted by Gasteiger charge is -2.24. The highest BCUT2D eigenvalue weighted by Gasteiger charge is 2.14. The Kier molecular flexibility index (Phi) is 4.12. The quantitative estimate of drug-likeness (QED) is 0.862. The number of alkyl halides is 1. The van der Waals surface area contributed by atoms with Crippen LogP contribution in [0, 0.1) is 0 Å². The van der Waals surface area contributed by atoms with Crippen LogP contribution in [0.1, 0.15) is 6.92 Å². The third kappa shape index (κ3) is 2.36. The van der Waals surface area contributed by atoms with E-state index in [0.717, 1.165) is 5.33 Å². The van der Waals surface area contributed by atoms with Crippen molar-refractivity contribution < 1.29 is 0 Å². The van der Waals surface area contributed by atoms with Crippen LogP contribution in [0.2, 0.25) is 0 Å². The van der Waals surface area contributed by atoms with Crippen LogP contribution in [-0.4, -0.2) is 28.4 Å². The molecule has 1 heterocycles. The van der Waals surface area contributed by atoms with Crippen molar-refractivity contribution in [1.82, 2.24) is 9.97 Å². The molecule has 0 bridgehead atoms. The summed E-state index contributed by atoms with van der Waals surface area (Å²) in [5, 5.41) is 0.824. The first-order valence-electron chi connectivity index (χ1n) is 4.10. The number of nitrogens with one attached hydrogen (secondary N) is 1. The average Bonchev–Trinajstić information content (AvgIpc) is 2.20. The molecule has 1 aromatic heterocycles. The second kappa shape index (κ2) is 4.93. The topological polar surface area (TPSA) is 49.0 Å². The van der Waals surface area contributed by atoms with E-state index in [1.807, 2.05) is 18.9 Å². The second-order valence-corrected chi connectivity index (χ2v) is 4.42. The highest BCUT2D eigenvalue weighted by Crippen LogP contribution is 2.19. The van der Waals surface area contributed by atoms with Crippen molar-refractivity contribution in [2.75, 3.05) is 17.3 Å². The van der Waals surface area contributed by atoms with Crippen molar-refractivity contribution in [3.8, 4) is 0 Å². The summed E-state index contributed by atoms with van der Waals surface area (Å²) < 4.78 is 0.468. The zero-order chi connectivity index (χ0) is 10.7. The lowest BCUT2D eigenvalue weighted by Crippen LogP contribution is -2.32. The summed E-state index contributed by atoms with van der Waals surface area (Å²) in [6.07, 6.45) is 1.40. The van der Waals surface area contributed by atoms with Gasteiger partial charge in [0.15, 0.2) is 0 Å². The van der Waals surface area contributed by atoms with Crippen LogP contribution in [0.5, 0.6) is 0 Å². The largest absolute Gasteiger partial charge is 0.355 e. The van der Waals surface area contributed by atoms with Crippen LogP contribution >= 0.6 is 31.9 Å². The van der Waals surface area contributed by atoms with Gasteiger partial charge in [-0.05, 0) is 22.9 Å². The molecule has 78 valence electrons. The van der Waals surface area contributed by atoms with E-state index < -0.39 is 0 Å². The Bertz CT molecular complexity index is 366. The molecule has 6 heteroatoms. The van der Waals surface area contributed by atoms with Gasteiger partial charge in [-0.1, -0.05) is 15.9 Å². The van der Waals surface area contributed by atoms with Gasteiger partial charge in [0.1, 0.15) is 10.3 Å². The molecule has 0 fully saturated rings. The first-order chi connectivity index (χ1) is 6.57. The standard InChI is InChI=1S/C8H11Br2N3O/c1-5(3-9)13(2)7-6(10)8(14)12-4-11-7/h4-5H,3H2,1-2H3,(H,11,12,14). The number of H-pyrrole nitrogens is 1. The molecule has 0 saturated heterocycles. The molecule has 0 amide bonds. The molecule has 0 saturated carbocycles. The molecule has 1 rings (SSSR count). The van der Waals surface area contributed by atoms with Crippen molar-refractivity contribution >= 4 is 37.7 Å². The molecule has 1 atom stereocenters. The Morgan fingerprint density at radius 3 is 2.93 bits per heavy atom. The Morgan fingerprint density at radius 1 is 1.71 bits per heavy atom. The fraction of sp³-hybridized carbons (Fsp3) is 0.500. The molecule has 0 spiro atoms. The minimum absolute atomic E-state index is 0.163. The minimum Gasteiger partial charge on any atom is -0.355 e. The van der Waals surface area contributed by atoms with Gasteiger partial charge in [-0.25, -0.2) is 4.98 Å². The Balaban J connectivity index is 3.07. The summed E-state index contributed by atoms with van der Waals surface area (Å²) in [4.78, 5) is 19.8. The maximum absolute atomic E-state index is 11.3. The van der Waals surface area contributed by atoms with Crippen molar-refractivity contribution in [3.63, 3.8) is 0 Å². The molecule has 0 aromatic carbocycles. The number of nitrogens with zero attached hydrogens (tertiary/aromatic N) is 2. The summed E-state index contributed by atoms with van der Waals surface area (Å²) in [6.45, 7) is 2.05. The molecule has 1 unspecified atom stereocenters. The predicted molar refractivity (Wildman–Crippen MR) is 64.2 cm³/mol. The average molecular weight is 325 g/mol. The van der Waals surface area contributed by atoms with E-state index in [-0.39, 0.29) is 11.6 Å².